The predicted octanol–water partition coefficient (Wildman–Crippen LogP) is 2.14. The highest BCUT2D eigenvalue weighted by molar-refractivity contribution is 5.69. The maximum absolute atomic E-state index is 10.5. The highest BCUT2D eigenvalue weighted by Crippen LogP contribution is 2.05. The number of imidazole rings is 1. The highest BCUT2D eigenvalue weighted by Gasteiger charge is 2.03. The van der Waals surface area contributed by atoms with Crippen LogP contribution in [0.1, 0.15) is 17.7 Å². The molecular formula is C14H16N2O2. The summed E-state index contributed by atoms with van der Waals surface area (Å²) in [6, 6.07) is 10.3. The molecule has 0 saturated carbocycles. The minimum Gasteiger partial charge on any atom is -0.481 e. The highest BCUT2D eigenvalue weighted by atomic mass is 16.4. The van der Waals surface area contributed by atoms with Gasteiger partial charge >= 0.3 is 5.97 Å². The second-order valence-corrected chi connectivity index (χ2v) is 4.26. The maximum atomic E-state index is 10.5. The number of carboxylic acids is 1. The Morgan fingerprint density at radius 1 is 1.28 bits per heavy atom. The quantitative estimate of drug-likeness (QED) is 0.847. The molecule has 0 amide bonds. The van der Waals surface area contributed by atoms with E-state index in [9.17, 15) is 4.79 Å². The number of carboxylic acid groups (broad SMARTS) is 1. The lowest BCUT2D eigenvalue weighted by Crippen LogP contribution is -2.00. The SMILES string of the molecule is O=C(O)Cc1cn(CCCc2ccccc2)cn1. The predicted molar refractivity (Wildman–Crippen MR) is 68.3 cm³/mol. The first-order valence-electron chi connectivity index (χ1n) is 6.00. The molecule has 0 unspecified atom stereocenters. The van der Waals surface area contributed by atoms with Crippen LogP contribution in [0.4, 0.5) is 0 Å². The van der Waals surface area contributed by atoms with Crippen molar-refractivity contribution >= 4 is 5.97 Å². The molecule has 0 fully saturated rings. The number of aryl methyl sites for hydroxylation is 2. The van der Waals surface area contributed by atoms with Crippen LogP contribution >= 0.6 is 0 Å². The van der Waals surface area contributed by atoms with Crippen LogP contribution in [-0.4, -0.2) is 20.6 Å². The van der Waals surface area contributed by atoms with E-state index in [4.69, 9.17) is 5.11 Å². The first-order valence-corrected chi connectivity index (χ1v) is 6.00. The molecule has 1 aromatic carbocycles. The van der Waals surface area contributed by atoms with Crippen LogP contribution in [0.15, 0.2) is 42.9 Å². The Kier molecular flexibility index (Phi) is 4.12. The Hall–Kier alpha value is -2.10. The Morgan fingerprint density at radius 3 is 2.78 bits per heavy atom. The Balaban J connectivity index is 1.80. The number of nitrogens with zero attached hydrogens (tertiary/aromatic N) is 2. The number of hydrogen-bond donors (Lipinski definition) is 1. The van der Waals surface area contributed by atoms with Crippen LogP contribution in [0.5, 0.6) is 0 Å². The van der Waals surface area contributed by atoms with Crippen molar-refractivity contribution in [2.75, 3.05) is 0 Å². The van der Waals surface area contributed by atoms with Gasteiger partial charge in [-0.1, -0.05) is 30.3 Å². The maximum Gasteiger partial charge on any atom is 0.309 e. The zero-order valence-corrected chi connectivity index (χ0v) is 10.1. The molecule has 0 aliphatic heterocycles. The van der Waals surface area contributed by atoms with Gasteiger partial charge in [0.15, 0.2) is 0 Å². The lowest BCUT2D eigenvalue weighted by atomic mass is 10.1. The molecule has 4 heteroatoms. The molecule has 2 aromatic rings. The molecule has 1 heterocycles. The minimum atomic E-state index is -0.843. The van der Waals surface area contributed by atoms with Gasteiger partial charge in [0, 0.05) is 12.7 Å². The molecule has 0 aliphatic carbocycles. The first-order chi connectivity index (χ1) is 8.74. The van der Waals surface area contributed by atoms with Crippen molar-refractivity contribution in [3.63, 3.8) is 0 Å². The normalized spacial score (nSPS) is 10.4. The summed E-state index contributed by atoms with van der Waals surface area (Å²) in [6.07, 6.45) is 5.54. The van der Waals surface area contributed by atoms with E-state index < -0.39 is 5.97 Å². The van der Waals surface area contributed by atoms with Crippen molar-refractivity contribution in [3.05, 3.63) is 54.1 Å². The van der Waals surface area contributed by atoms with Crippen molar-refractivity contribution in [1.29, 1.82) is 0 Å². The lowest BCUT2D eigenvalue weighted by molar-refractivity contribution is -0.136. The fourth-order valence-electron chi connectivity index (χ4n) is 1.89. The van der Waals surface area contributed by atoms with Gasteiger partial charge in [0.1, 0.15) is 0 Å². The third kappa shape index (κ3) is 3.73. The topological polar surface area (TPSA) is 55.1 Å². The molecule has 18 heavy (non-hydrogen) atoms. The molecule has 1 aromatic heterocycles. The van der Waals surface area contributed by atoms with E-state index in [-0.39, 0.29) is 6.42 Å². The molecule has 0 spiro atoms. The van der Waals surface area contributed by atoms with Crippen molar-refractivity contribution in [2.24, 2.45) is 0 Å². The van der Waals surface area contributed by atoms with E-state index in [2.05, 4.69) is 17.1 Å². The van der Waals surface area contributed by atoms with Crippen LogP contribution in [0.25, 0.3) is 0 Å². The van der Waals surface area contributed by atoms with Gasteiger partial charge in [0.25, 0.3) is 0 Å². The summed E-state index contributed by atoms with van der Waals surface area (Å²) in [5.41, 5.74) is 1.94. The molecular weight excluding hydrogens is 228 g/mol. The van der Waals surface area contributed by atoms with Crippen molar-refractivity contribution in [1.82, 2.24) is 9.55 Å². The summed E-state index contributed by atoms with van der Waals surface area (Å²) in [5, 5.41) is 8.65. The minimum absolute atomic E-state index is 0.00825. The van der Waals surface area contributed by atoms with Gasteiger partial charge in [-0.05, 0) is 18.4 Å². The van der Waals surface area contributed by atoms with Crippen LogP contribution in [0.2, 0.25) is 0 Å². The smallest absolute Gasteiger partial charge is 0.309 e. The van der Waals surface area contributed by atoms with Crippen LogP contribution < -0.4 is 0 Å². The van der Waals surface area contributed by atoms with Crippen molar-refractivity contribution in [3.8, 4) is 0 Å². The largest absolute Gasteiger partial charge is 0.481 e. The summed E-state index contributed by atoms with van der Waals surface area (Å²) in [7, 11) is 0. The van der Waals surface area contributed by atoms with E-state index in [1.807, 2.05) is 22.8 Å². The van der Waals surface area contributed by atoms with Crippen LogP contribution in [0, 0.1) is 0 Å². The molecule has 0 bridgehead atoms. The zero-order chi connectivity index (χ0) is 12.8. The van der Waals surface area contributed by atoms with Gasteiger partial charge in [0.05, 0.1) is 18.4 Å². The number of aromatic nitrogens is 2. The Morgan fingerprint density at radius 2 is 2.06 bits per heavy atom. The number of aliphatic carboxylic acids is 1. The zero-order valence-electron chi connectivity index (χ0n) is 10.1. The molecule has 0 atom stereocenters. The second-order valence-electron chi connectivity index (χ2n) is 4.26. The second kappa shape index (κ2) is 6.00. The summed E-state index contributed by atoms with van der Waals surface area (Å²) in [6.45, 7) is 0.863. The standard InChI is InChI=1S/C14H16N2O2/c17-14(18)9-13-10-16(11-15-13)8-4-7-12-5-2-1-3-6-12/h1-3,5-6,10-11H,4,7-9H2,(H,17,18). The fraction of sp³-hybridized carbons (Fsp3) is 0.286. The van der Waals surface area contributed by atoms with E-state index in [0.29, 0.717) is 5.69 Å². The van der Waals surface area contributed by atoms with Crippen molar-refractivity contribution < 1.29 is 9.90 Å². The first kappa shape index (κ1) is 12.4. The van der Waals surface area contributed by atoms with Crippen molar-refractivity contribution in [2.45, 2.75) is 25.8 Å². The lowest BCUT2D eigenvalue weighted by Gasteiger charge is -2.02. The molecule has 0 radical (unpaired) electrons. The monoisotopic (exact) mass is 244 g/mol. The van der Waals surface area contributed by atoms with Gasteiger partial charge in [-0.3, -0.25) is 4.79 Å². The Bertz CT molecular complexity index is 506. The average Bonchev–Trinajstić information content (AvgIpc) is 2.77. The third-order valence-corrected chi connectivity index (χ3v) is 2.74. The molecule has 2 rings (SSSR count). The van der Waals surface area contributed by atoms with Gasteiger partial charge in [-0.15, -0.1) is 0 Å². The molecule has 94 valence electrons. The van der Waals surface area contributed by atoms with Gasteiger partial charge in [-0.2, -0.15) is 0 Å². The van der Waals surface area contributed by atoms with Crippen LogP contribution in [-0.2, 0) is 24.2 Å². The number of carbonyl (C=O) groups is 1. The third-order valence-electron chi connectivity index (χ3n) is 2.74. The summed E-state index contributed by atoms with van der Waals surface area (Å²) in [5.74, 6) is -0.843. The average molecular weight is 244 g/mol. The summed E-state index contributed by atoms with van der Waals surface area (Å²) in [4.78, 5) is 14.6. The van der Waals surface area contributed by atoms with Gasteiger partial charge < -0.3 is 9.67 Å². The number of hydrogen-bond acceptors (Lipinski definition) is 2. The van der Waals surface area contributed by atoms with E-state index in [1.54, 1.807) is 12.5 Å². The Labute approximate surface area is 106 Å². The molecule has 1 N–H and O–H groups in total. The summed E-state index contributed by atoms with van der Waals surface area (Å²) >= 11 is 0. The van der Waals surface area contributed by atoms with Gasteiger partial charge in [-0.25, -0.2) is 4.98 Å². The number of benzene rings is 1. The molecule has 0 saturated heterocycles. The van der Waals surface area contributed by atoms with E-state index in [0.717, 1.165) is 19.4 Å². The molecule has 4 nitrogen and oxygen atoms in total. The number of rotatable bonds is 6. The molecule has 0 aliphatic rings. The van der Waals surface area contributed by atoms with E-state index >= 15 is 0 Å². The van der Waals surface area contributed by atoms with E-state index in [1.165, 1.54) is 5.56 Å². The van der Waals surface area contributed by atoms with Crippen LogP contribution in [0.3, 0.4) is 0 Å². The fourth-order valence-corrected chi connectivity index (χ4v) is 1.89. The van der Waals surface area contributed by atoms with Gasteiger partial charge in [0.2, 0.25) is 0 Å². The summed E-state index contributed by atoms with van der Waals surface area (Å²) < 4.78 is 1.95.